The van der Waals surface area contributed by atoms with Gasteiger partial charge in [-0.1, -0.05) is 6.42 Å². The fraction of sp³-hybridized carbons (Fsp3) is 0.571. The Kier molecular flexibility index (Phi) is 5.10. The van der Waals surface area contributed by atoms with E-state index in [4.69, 9.17) is 10.5 Å². The zero-order valence-electron chi connectivity index (χ0n) is 11.0. The van der Waals surface area contributed by atoms with Crippen LogP contribution in [0, 0.1) is 11.6 Å². The van der Waals surface area contributed by atoms with Crippen LogP contribution < -0.4 is 10.5 Å². The normalized spacial score (nSPS) is 16.6. The van der Waals surface area contributed by atoms with Gasteiger partial charge in [-0.05, 0) is 43.6 Å². The number of likely N-dealkylation sites (tertiary alicyclic amines) is 1. The fourth-order valence-electron chi connectivity index (χ4n) is 2.33. The summed E-state index contributed by atoms with van der Waals surface area (Å²) in [5.41, 5.74) is 5.78. The van der Waals surface area contributed by atoms with E-state index in [1.165, 1.54) is 31.4 Å². The maximum atomic E-state index is 13.6. The largest absolute Gasteiger partial charge is 0.486 e. The summed E-state index contributed by atoms with van der Waals surface area (Å²) in [4.78, 5) is 2.26. The molecule has 19 heavy (non-hydrogen) atoms. The number of nitrogens with two attached hydrogens (primary N) is 1. The first-order valence-corrected chi connectivity index (χ1v) is 6.74. The monoisotopic (exact) mass is 270 g/mol. The summed E-state index contributed by atoms with van der Waals surface area (Å²) in [5, 5.41) is 0. The smallest absolute Gasteiger partial charge is 0.190 e. The SMILES string of the molecule is NCc1cc(F)c(OCCN2CCCCC2)c(F)c1. The average Bonchev–Trinajstić information content (AvgIpc) is 2.42. The number of rotatable bonds is 5. The molecule has 1 aliphatic heterocycles. The third-order valence-electron chi connectivity index (χ3n) is 3.40. The first kappa shape index (κ1) is 14.2. The number of nitrogens with zero attached hydrogens (tertiary/aromatic N) is 1. The minimum Gasteiger partial charge on any atom is -0.486 e. The minimum absolute atomic E-state index is 0.113. The van der Waals surface area contributed by atoms with Crippen LogP contribution in [0.25, 0.3) is 0 Å². The third kappa shape index (κ3) is 3.88. The van der Waals surface area contributed by atoms with E-state index < -0.39 is 11.6 Å². The van der Waals surface area contributed by atoms with E-state index >= 15 is 0 Å². The van der Waals surface area contributed by atoms with Gasteiger partial charge < -0.3 is 10.5 Å². The molecule has 2 N–H and O–H groups in total. The van der Waals surface area contributed by atoms with Crippen LogP contribution in [0.2, 0.25) is 0 Å². The molecule has 3 nitrogen and oxygen atoms in total. The molecular weight excluding hydrogens is 250 g/mol. The van der Waals surface area contributed by atoms with Gasteiger partial charge in [-0.15, -0.1) is 0 Å². The van der Waals surface area contributed by atoms with E-state index in [0.717, 1.165) is 13.1 Å². The lowest BCUT2D eigenvalue weighted by molar-refractivity contribution is 0.177. The second-order valence-electron chi connectivity index (χ2n) is 4.84. The van der Waals surface area contributed by atoms with Crippen molar-refractivity contribution in [2.45, 2.75) is 25.8 Å². The predicted molar refractivity (Wildman–Crippen MR) is 70.0 cm³/mol. The van der Waals surface area contributed by atoms with Crippen LogP contribution in [0.3, 0.4) is 0 Å². The molecule has 0 bridgehead atoms. The van der Waals surface area contributed by atoms with E-state index in [1.54, 1.807) is 0 Å². The standard InChI is InChI=1S/C14H20F2N2O/c15-12-8-11(10-17)9-13(16)14(12)19-7-6-18-4-2-1-3-5-18/h8-9H,1-7,10,17H2. The van der Waals surface area contributed by atoms with Crippen molar-refractivity contribution in [2.24, 2.45) is 5.73 Å². The molecule has 106 valence electrons. The molecule has 0 saturated carbocycles. The summed E-state index contributed by atoms with van der Waals surface area (Å²) in [5.74, 6) is -1.66. The fourth-order valence-corrected chi connectivity index (χ4v) is 2.33. The Morgan fingerprint density at radius 1 is 1.11 bits per heavy atom. The molecule has 0 radical (unpaired) electrons. The first-order chi connectivity index (χ1) is 9.20. The molecule has 1 aromatic rings. The Labute approximate surface area is 112 Å². The highest BCUT2D eigenvalue weighted by atomic mass is 19.1. The summed E-state index contributed by atoms with van der Waals surface area (Å²) in [6.07, 6.45) is 3.64. The van der Waals surface area contributed by atoms with Gasteiger partial charge in [0.25, 0.3) is 0 Å². The van der Waals surface area contributed by atoms with Gasteiger partial charge in [0.1, 0.15) is 6.61 Å². The molecule has 0 aliphatic carbocycles. The zero-order valence-corrected chi connectivity index (χ0v) is 11.0. The van der Waals surface area contributed by atoms with Crippen LogP contribution in [0.1, 0.15) is 24.8 Å². The van der Waals surface area contributed by atoms with Crippen molar-refractivity contribution in [1.29, 1.82) is 0 Å². The molecule has 5 heteroatoms. The number of hydrogen-bond acceptors (Lipinski definition) is 3. The Hall–Kier alpha value is -1.20. The van der Waals surface area contributed by atoms with Crippen molar-refractivity contribution < 1.29 is 13.5 Å². The predicted octanol–water partition coefficient (Wildman–Crippen LogP) is 2.29. The van der Waals surface area contributed by atoms with Crippen LogP contribution in [0.5, 0.6) is 5.75 Å². The number of piperidine rings is 1. The number of halogens is 2. The van der Waals surface area contributed by atoms with Crippen LogP contribution in [-0.2, 0) is 6.54 Å². The lowest BCUT2D eigenvalue weighted by Gasteiger charge is -2.26. The molecule has 0 atom stereocenters. The zero-order chi connectivity index (χ0) is 13.7. The molecule has 1 aliphatic rings. The minimum atomic E-state index is -0.681. The molecule has 2 rings (SSSR count). The maximum absolute atomic E-state index is 13.6. The van der Waals surface area contributed by atoms with Crippen LogP contribution in [-0.4, -0.2) is 31.1 Å². The van der Waals surface area contributed by atoms with E-state index in [1.807, 2.05) is 0 Å². The van der Waals surface area contributed by atoms with Gasteiger partial charge in [0, 0.05) is 13.1 Å². The van der Waals surface area contributed by atoms with Gasteiger partial charge in [-0.3, -0.25) is 4.90 Å². The van der Waals surface area contributed by atoms with E-state index in [-0.39, 0.29) is 12.3 Å². The van der Waals surface area contributed by atoms with Crippen LogP contribution in [0.15, 0.2) is 12.1 Å². The van der Waals surface area contributed by atoms with Crippen molar-refractivity contribution in [3.63, 3.8) is 0 Å². The Balaban J connectivity index is 1.88. The quantitative estimate of drug-likeness (QED) is 0.892. The molecule has 0 aromatic heterocycles. The van der Waals surface area contributed by atoms with Crippen LogP contribution in [0.4, 0.5) is 8.78 Å². The van der Waals surface area contributed by atoms with Gasteiger partial charge >= 0.3 is 0 Å². The highest BCUT2D eigenvalue weighted by Gasteiger charge is 2.14. The topological polar surface area (TPSA) is 38.5 Å². The highest BCUT2D eigenvalue weighted by Crippen LogP contribution is 2.23. The Morgan fingerprint density at radius 2 is 1.74 bits per heavy atom. The first-order valence-electron chi connectivity index (χ1n) is 6.74. The van der Waals surface area contributed by atoms with Gasteiger partial charge in [0.2, 0.25) is 0 Å². The van der Waals surface area contributed by atoms with Crippen molar-refractivity contribution in [1.82, 2.24) is 4.90 Å². The van der Waals surface area contributed by atoms with Gasteiger partial charge in [0.05, 0.1) is 0 Å². The maximum Gasteiger partial charge on any atom is 0.190 e. The Bertz CT molecular complexity index is 397. The number of ether oxygens (including phenoxy) is 1. The lowest BCUT2D eigenvalue weighted by Crippen LogP contribution is -2.33. The van der Waals surface area contributed by atoms with Crippen molar-refractivity contribution in [3.8, 4) is 5.75 Å². The molecule has 1 heterocycles. The molecule has 1 aromatic carbocycles. The van der Waals surface area contributed by atoms with Crippen LogP contribution >= 0.6 is 0 Å². The van der Waals surface area contributed by atoms with Crippen molar-refractivity contribution >= 4 is 0 Å². The van der Waals surface area contributed by atoms with Gasteiger partial charge in [-0.2, -0.15) is 0 Å². The summed E-state index contributed by atoms with van der Waals surface area (Å²) in [6, 6.07) is 2.44. The second-order valence-corrected chi connectivity index (χ2v) is 4.84. The molecular formula is C14H20F2N2O. The van der Waals surface area contributed by atoms with Gasteiger partial charge in [-0.25, -0.2) is 8.78 Å². The lowest BCUT2D eigenvalue weighted by atomic mass is 10.1. The highest BCUT2D eigenvalue weighted by molar-refractivity contribution is 5.31. The number of benzene rings is 1. The summed E-state index contributed by atoms with van der Waals surface area (Å²) >= 11 is 0. The third-order valence-corrected chi connectivity index (χ3v) is 3.40. The van der Waals surface area contributed by atoms with E-state index in [0.29, 0.717) is 18.7 Å². The molecule has 0 amide bonds. The second kappa shape index (κ2) is 6.82. The molecule has 1 saturated heterocycles. The van der Waals surface area contributed by atoms with Crippen molar-refractivity contribution in [3.05, 3.63) is 29.3 Å². The molecule has 1 fully saturated rings. The summed E-state index contributed by atoms with van der Waals surface area (Å²) in [7, 11) is 0. The molecule has 0 spiro atoms. The van der Waals surface area contributed by atoms with E-state index in [9.17, 15) is 8.78 Å². The van der Waals surface area contributed by atoms with Gasteiger partial charge in [0.15, 0.2) is 17.4 Å². The van der Waals surface area contributed by atoms with Crippen molar-refractivity contribution in [2.75, 3.05) is 26.2 Å². The number of hydrogen-bond donors (Lipinski definition) is 1. The average molecular weight is 270 g/mol. The Morgan fingerprint density at radius 3 is 2.32 bits per heavy atom. The summed E-state index contributed by atoms with van der Waals surface area (Å²) in [6.45, 7) is 3.20. The summed E-state index contributed by atoms with van der Waals surface area (Å²) < 4.78 is 32.5. The molecule has 0 unspecified atom stereocenters. The van der Waals surface area contributed by atoms with E-state index in [2.05, 4.69) is 4.90 Å².